The lowest BCUT2D eigenvalue weighted by Gasteiger charge is -2.26. The zero-order chi connectivity index (χ0) is 18.1. The summed E-state index contributed by atoms with van der Waals surface area (Å²) < 4.78 is 4.66. The van der Waals surface area contributed by atoms with E-state index in [1.165, 1.54) is 7.11 Å². The standard InChI is InChI=1S/C17H24Cl2N2O3/c1-4-20(5-2)10-11-21(9-8-16(22)24-3)17(23)13-6-7-14(18)15(19)12-13/h6-7,12H,4-5,8-11H2,1-3H3. The second-order valence-corrected chi connectivity index (χ2v) is 6.09. The Kier molecular flexibility index (Phi) is 9.11. The van der Waals surface area contributed by atoms with E-state index in [-0.39, 0.29) is 18.3 Å². The maximum absolute atomic E-state index is 12.8. The molecule has 0 N–H and O–H groups in total. The number of methoxy groups -OCH3 is 1. The molecule has 1 amide bonds. The highest BCUT2D eigenvalue weighted by molar-refractivity contribution is 6.42. The third kappa shape index (κ3) is 6.30. The second kappa shape index (κ2) is 10.5. The van der Waals surface area contributed by atoms with Crippen LogP contribution in [-0.4, -0.2) is 61.5 Å². The molecule has 0 spiro atoms. The van der Waals surface area contributed by atoms with Crippen molar-refractivity contribution < 1.29 is 14.3 Å². The van der Waals surface area contributed by atoms with E-state index in [4.69, 9.17) is 23.2 Å². The van der Waals surface area contributed by atoms with Crippen LogP contribution in [0, 0.1) is 0 Å². The number of carbonyl (C=O) groups is 2. The van der Waals surface area contributed by atoms with Gasteiger partial charge >= 0.3 is 5.97 Å². The van der Waals surface area contributed by atoms with Gasteiger partial charge in [0, 0.05) is 25.2 Å². The molecule has 0 heterocycles. The van der Waals surface area contributed by atoms with Crippen LogP contribution in [0.1, 0.15) is 30.6 Å². The van der Waals surface area contributed by atoms with Crippen molar-refractivity contribution in [1.29, 1.82) is 0 Å². The first-order valence-corrected chi connectivity index (χ1v) is 8.72. The molecule has 1 rings (SSSR count). The van der Waals surface area contributed by atoms with Crippen LogP contribution >= 0.6 is 23.2 Å². The molecule has 134 valence electrons. The first-order valence-electron chi connectivity index (χ1n) is 7.96. The fourth-order valence-electron chi connectivity index (χ4n) is 2.26. The second-order valence-electron chi connectivity index (χ2n) is 5.27. The van der Waals surface area contributed by atoms with Crippen LogP contribution in [-0.2, 0) is 9.53 Å². The Bertz CT molecular complexity index is 563. The third-order valence-electron chi connectivity index (χ3n) is 3.85. The molecule has 7 heteroatoms. The van der Waals surface area contributed by atoms with Crippen LogP contribution in [0.5, 0.6) is 0 Å². The molecule has 24 heavy (non-hydrogen) atoms. The quantitative estimate of drug-likeness (QED) is 0.622. The summed E-state index contributed by atoms with van der Waals surface area (Å²) in [6.45, 7) is 7.52. The van der Waals surface area contributed by atoms with Crippen LogP contribution in [0.25, 0.3) is 0 Å². The molecule has 0 aromatic heterocycles. The molecule has 0 bridgehead atoms. The zero-order valence-electron chi connectivity index (χ0n) is 14.3. The summed E-state index contributed by atoms with van der Waals surface area (Å²) in [7, 11) is 1.34. The van der Waals surface area contributed by atoms with Gasteiger partial charge in [0.25, 0.3) is 5.91 Å². The van der Waals surface area contributed by atoms with Gasteiger partial charge in [-0.25, -0.2) is 0 Å². The summed E-state index contributed by atoms with van der Waals surface area (Å²) >= 11 is 11.9. The summed E-state index contributed by atoms with van der Waals surface area (Å²) in [5.41, 5.74) is 0.453. The van der Waals surface area contributed by atoms with Crippen LogP contribution in [0.3, 0.4) is 0 Å². The molecule has 0 atom stereocenters. The molecule has 0 aliphatic heterocycles. The Morgan fingerprint density at radius 3 is 2.25 bits per heavy atom. The minimum absolute atomic E-state index is 0.155. The van der Waals surface area contributed by atoms with Gasteiger partial charge < -0.3 is 14.5 Å². The minimum atomic E-state index is -0.343. The number of hydrogen-bond donors (Lipinski definition) is 0. The Morgan fingerprint density at radius 2 is 1.71 bits per heavy atom. The summed E-state index contributed by atoms with van der Waals surface area (Å²) in [4.78, 5) is 28.0. The largest absolute Gasteiger partial charge is 0.469 e. The topological polar surface area (TPSA) is 49.9 Å². The molecule has 0 saturated carbocycles. The Labute approximate surface area is 153 Å². The molecular formula is C17H24Cl2N2O3. The lowest BCUT2D eigenvalue weighted by molar-refractivity contribution is -0.140. The van der Waals surface area contributed by atoms with Gasteiger partial charge in [0.1, 0.15) is 0 Å². The van der Waals surface area contributed by atoms with Gasteiger partial charge in [-0.2, -0.15) is 0 Å². The van der Waals surface area contributed by atoms with Crippen LogP contribution < -0.4 is 0 Å². The van der Waals surface area contributed by atoms with Crippen molar-refractivity contribution in [2.75, 3.05) is 39.8 Å². The number of hydrogen-bond acceptors (Lipinski definition) is 4. The monoisotopic (exact) mass is 374 g/mol. The number of benzene rings is 1. The summed E-state index contributed by atoms with van der Waals surface area (Å²) in [5.74, 6) is -0.519. The number of carbonyl (C=O) groups excluding carboxylic acids is 2. The first-order chi connectivity index (χ1) is 11.4. The van der Waals surface area contributed by atoms with Crippen molar-refractivity contribution in [2.24, 2.45) is 0 Å². The Balaban J connectivity index is 2.86. The van der Waals surface area contributed by atoms with E-state index in [1.807, 2.05) is 0 Å². The predicted octanol–water partition coefficient (Wildman–Crippen LogP) is 3.34. The number of likely N-dealkylation sites (N-methyl/N-ethyl adjacent to an activating group) is 1. The van der Waals surface area contributed by atoms with Gasteiger partial charge in [0.05, 0.1) is 23.6 Å². The van der Waals surface area contributed by atoms with E-state index in [0.717, 1.165) is 19.6 Å². The summed E-state index contributed by atoms with van der Waals surface area (Å²) in [5, 5.41) is 0.733. The Hall–Kier alpha value is -1.30. The molecule has 1 aromatic carbocycles. The molecule has 0 saturated heterocycles. The SMILES string of the molecule is CCN(CC)CCN(CCC(=O)OC)C(=O)c1ccc(Cl)c(Cl)c1. The van der Waals surface area contributed by atoms with Crippen molar-refractivity contribution in [2.45, 2.75) is 20.3 Å². The maximum atomic E-state index is 12.8. The molecule has 0 radical (unpaired) electrons. The average molecular weight is 375 g/mol. The van der Waals surface area contributed by atoms with Crippen LogP contribution in [0.2, 0.25) is 10.0 Å². The number of amides is 1. The van der Waals surface area contributed by atoms with E-state index >= 15 is 0 Å². The molecule has 1 aromatic rings. The first kappa shape index (κ1) is 20.7. The maximum Gasteiger partial charge on any atom is 0.307 e. The third-order valence-corrected chi connectivity index (χ3v) is 4.59. The van der Waals surface area contributed by atoms with Crippen LogP contribution in [0.15, 0.2) is 18.2 Å². The number of halogens is 2. The highest BCUT2D eigenvalue weighted by Gasteiger charge is 2.18. The van der Waals surface area contributed by atoms with E-state index in [2.05, 4.69) is 23.5 Å². The Morgan fingerprint density at radius 1 is 1.04 bits per heavy atom. The van der Waals surface area contributed by atoms with E-state index in [9.17, 15) is 9.59 Å². The lowest BCUT2D eigenvalue weighted by Crippen LogP contribution is -2.40. The van der Waals surface area contributed by atoms with Crippen molar-refractivity contribution in [3.63, 3.8) is 0 Å². The van der Waals surface area contributed by atoms with Gasteiger partial charge in [-0.1, -0.05) is 37.0 Å². The smallest absolute Gasteiger partial charge is 0.307 e. The van der Waals surface area contributed by atoms with Gasteiger partial charge in [-0.15, -0.1) is 0 Å². The number of nitrogens with zero attached hydrogens (tertiary/aromatic N) is 2. The fraction of sp³-hybridized carbons (Fsp3) is 0.529. The fourth-order valence-corrected chi connectivity index (χ4v) is 2.55. The van der Waals surface area contributed by atoms with Crippen LogP contribution in [0.4, 0.5) is 0 Å². The van der Waals surface area contributed by atoms with Gasteiger partial charge in [-0.3, -0.25) is 9.59 Å². The van der Waals surface area contributed by atoms with Crippen molar-refractivity contribution in [3.05, 3.63) is 33.8 Å². The van der Waals surface area contributed by atoms with Crippen molar-refractivity contribution >= 4 is 35.1 Å². The number of esters is 1. The molecule has 0 aliphatic rings. The zero-order valence-corrected chi connectivity index (χ0v) is 15.9. The number of ether oxygens (including phenoxy) is 1. The van der Waals surface area contributed by atoms with Crippen molar-refractivity contribution in [3.8, 4) is 0 Å². The molecule has 5 nitrogen and oxygen atoms in total. The highest BCUT2D eigenvalue weighted by atomic mass is 35.5. The molecule has 0 unspecified atom stereocenters. The summed E-state index contributed by atoms with van der Waals surface area (Å²) in [6.07, 6.45) is 0.155. The molecular weight excluding hydrogens is 351 g/mol. The van der Waals surface area contributed by atoms with Crippen molar-refractivity contribution in [1.82, 2.24) is 9.80 Å². The van der Waals surface area contributed by atoms with Gasteiger partial charge in [-0.05, 0) is 31.3 Å². The van der Waals surface area contributed by atoms with E-state index in [0.29, 0.717) is 28.7 Å². The van der Waals surface area contributed by atoms with Gasteiger partial charge in [0.15, 0.2) is 0 Å². The summed E-state index contributed by atoms with van der Waals surface area (Å²) in [6, 6.07) is 4.79. The molecule has 0 aliphatic carbocycles. The van der Waals surface area contributed by atoms with E-state index < -0.39 is 0 Å². The highest BCUT2D eigenvalue weighted by Crippen LogP contribution is 2.23. The van der Waals surface area contributed by atoms with E-state index in [1.54, 1.807) is 23.1 Å². The average Bonchev–Trinajstić information content (AvgIpc) is 2.59. The van der Waals surface area contributed by atoms with Gasteiger partial charge in [0.2, 0.25) is 0 Å². The lowest BCUT2D eigenvalue weighted by atomic mass is 10.2. The normalized spacial score (nSPS) is 10.8. The number of rotatable bonds is 9. The predicted molar refractivity (Wildman–Crippen MR) is 96.8 cm³/mol. The minimum Gasteiger partial charge on any atom is -0.469 e. The molecule has 0 fully saturated rings.